The van der Waals surface area contributed by atoms with E-state index < -0.39 is 5.60 Å². The molecular weight excluding hydrogens is 162 g/mol. The van der Waals surface area contributed by atoms with E-state index in [1.54, 1.807) is 0 Å². The van der Waals surface area contributed by atoms with Crippen molar-refractivity contribution in [3.63, 3.8) is 0 Å². The van der Waals surface area contributed by atoms with Crippen LogP contribution in [-0.2, 0) is 6.42 Å². The maximum Gasteiger partial charge on any atom is 0.0806 e. The van der Waals surface area contributed by atoms with E-state index in [1.165, 1.54) is 0 Å². The second-order valence-corrected chi connectivity index (χ2v) is 3.44. The van der Waals surface area contributed by atoms with Gasteiger partial charge in [-0.1, -0.05) is 37.3 Å². The molecule has 2 nitrogen and oxygen atoms in total. The molecule has 1 atom stereocenters. The number of hydrogen-bond donors (Lipinski definition) is 2. The Balaban J connectivity index is 2.68. The SMILES string of the molecule is CCC(O)(CN)Cc1ccccc1. The van der Waals surface area contributed by atoms with E-state index in [0.29, 0.717) is 19.4 Å². The van der Waals surface area contributed by atoms with E-state index in [1.807, 2.05) is 37.3 Å². The minimum atomic E-state index is -0.735. The van der Waals surface area contributed by atoms with Gasteiger partial charge >= 0.3 is 0 Å². The molecule has 0 aliphatic heterocycles. The third kappa shape index (κ3) is 2.83. The van der Waals surface area contributed by atoms with Crippen molar-refractivity contribution in [2.75, 3.05) is 6.54 Å². The molecule has 0 saturated carbocycles. The average Bonchev–Trinajstić information content (AvgIpc) is 2.19. The molecule has 0 aromatic heterocycles. The molecule has 72 valence electrons. The zero-order valence-electron chi connectivity index (χ0n) is 8.03. The first-order valence-electron chi connectivity index (χ1n) is 4.66. The molecule has 0 saturated heterocycles. The lowest BCUT2D eigenvalue weighted by Crippen LogP contribution is -2.39. The van der Waals surface area contributed by atoms with Gasteiger partial charge in [-0.15, -0.1) is 0 Å². The van der Waals surface area contributed by atoms with Gasteiger partial charge in [0.2, 0.25) is 0 Å². The Morgan fingerprint density at radius 3 is 2.38 bits per heavy atom. The van der Waals surface area contributed by atoms with Crippen LogP contribution >= 0.6 is 0 Å². The quantitative estimate of drug-likeness (QED) is 0.732. The molecule has 0 amide bonds. The summed E-state index contributed by atoms with van der Waals surface area (Å²) in [4.78, 5) is 0. The van der Waals surface area contributed by atoms with Crippen LogP contribution in [0.15, 0.2) is 30.3 Å². The average molecular weight is 179 g/mol. The molecule has 2 heteroatoms. The van der Waals surface area contributed by atoms with Crippen molar-refractivity contribution in [2.24, 2.45) is 5.73 Å². The maximum atomic E-state index is 9.96. The standard InChI is InChI=1S/C11H17NO/c1-2-11(13,9-12)8-10-6-4-3-5-7-10/h3-7,13H,2,8-9,12H2,1H3. The number of aliphatic hydroxyl groups is 1. The van der Waals surface area contributed by atoms with Gasteiger partial charge < -0.3 is 10.8 Å². The Bertz CT molecular complexity index is 242. The smallest absolute Gasteiger partial charge is 0.0806 e. The fraction of sp³-hybridized carbons (Fsp3) is 0.455. The van der Waals surface area contributed by atoms with Gasteiger partial charge in [0.25, 0.3) is 0 Å². The summed E-state index contributed by atoms with van der Waals surface area (Å²) in [6.07, 6.45) is 1.33. The van der Waals surface area contributed by atoms with Gasteiger partial charge in [-0.25, -0.2) is 0 Å². The molecule has 0 bridgehead atoms. The van der Waals surface area contributed by atoms with Crippen LogP contribution in [0.1, 0.15) is 18.9 Å². The Labute approximate surface area is 79.4 Å². The van der Waals surface area contributed by atoms with E-state index in [2.05, 4.69) is 0 Å². The lowest BCUT2D eigenvalue weighted by molar-refractivity contribution is 0.0456. The highest BCUT2D eigenvalue weighted by atomic mass is 16.3. The fourth-order valence-corrected chi connectivity index (χ4v) is 1.32. The number of benzene rings is 1. The predicted octanol–water partition coefficient (Wildman–Crippen LogP) is 1.33. The topological polar surface area (TPSA) is 46.2 Å². The van der Waals surface area contributed by atoms with Crippen LogP contribution < -0.4 is 5.73 Å². The number of rotatable bonds is 4. The summed E-state index contributed by atoms with van der Waals surface area (Å²) in [5, 5.41) is 9.96. The largest absolute Gasteiger partial charge is 0.388 e. The second kappa shape index (κ2) is 4.40. The Kier molecular flexibility index (Phi) is 3.46. The molecule has 1 aromatic carbocycles. The monoisotopic (exact) mass is 179 g/mol. The van der Waals surface area contributed by atoms with Crippen molar-refractivity contribution in [3.05, 3.63) is 35.9 Å². The highest BCUT2D eigenvalue weighted by Crippen LogP contribution is 2.15. The third-order valence-electron chi connectivity index (χ3n) is 2.41. The minimum absolute atomic E-state index is 0.318. The van der Waals surface area contributed by atoms with E-state index in [9.17, 15) is 5.11 Å². The van der Waals surface area contributed by atoms with Crippen molar-refractivity contribution < 1.29 is 5.11 Å². The van der Waals surface area contributed by atoms with Gasteiger partial charge in [0.15, 0.2) is 0 Å². The van der Waals surface area contributed by atoms with E-state index >= 15 is 0 Å². The first-order valence-corrected chi connectivity index (χ1v) is 4.66. The van der Waals surface area contributed by atoms with Crippen LogP contribution in [0.3, 0.4) is 0 Å². The van der Waals surface area contributed by atoms with E-state index in [-0.39, 0.29) is 0 Å². The van der Waals surface area contributed by atoms with Crippen molar-refractivity contribution in [3.8, 4) is 0 Å². The van der Waals surface area contributed by atoms with Crippen LogP contribution in [0.2, 0.25) is 0 Å². The molecule has 0 spiro atoms. The molecule has 1 rings (SSSR count). The number of nitrogens with two attached hydrogens (primary N) is 1. The molecule has 0 radical (unpaired) electrons. The van der Waals surface area contributed by atoms with E-state index in [0.717, 1.165) is 5.56 Å². The minimum Gasteiger partial charge on any atom is -0.388 e. The van der Waals surface area contributed by atoms with Crippen LogP contribution in [-0.4, -0.2) is 17.3 Å². The highest BCUT2D eigenvalue weighted by Gasteiger charge is 2.22. The normalized spacial score (nSPS) is 15.3. The molecule has 1 unspecified atom stereocenters. The zero-order chi connectivity index (χ0) is 9.73. The van der Waals surface area contributed by atoms with Gasteiger partial charge in [0, 0.05) is 13.0 Å². The summed E-state index contributed by atoms with van der Waals surface area (Å²) < 4.78 is 0. The lowest BCUT2D eigenvalue weighted by Gasteiger charge is -2.24. The summed E-state index contributed by atoms with van der Waals surface area (Å²) >= 11 is 0. The Morgan fingerprint density at radius 2 is 1.92 bits per heavy atom. The van der Waals surface area contributed by atoms with Gasteiger partial charge in [0.1, 0.15) is 0 Å². The number of hydrogen-bond acceptors (Lipinski definition) is 2. The van der Waals surface area contributed by atoms with Crippen molar-refractivity contribution in [1.82, 2.24) is 0 Å². The molecular formula is C11H17NO. The van der Waals surface area contributed by atoms with Crippen molar-refractivity contribution in [1.29, 1.82) is 0 Å². The first-order chi connectivity index (χ1) is 6.20. The van der Waals surface area contributed by atoms with Crippen LogP contribution in [0, 0.1) is 0 Å². The summed E-state index contributed by atoms with van der Waals surface area (Å²) in [7, 11) is 0. The Hall–Kier alpha value is -0.860. The summed E-state index contributed by atoms with van der Waals surface area (Å²) in [5.41, 5.74) is 5.92. The Morgan fingerprint density at radius 1 is 1.31 bits per heavy atom. The second-order valence-electron chi connectivity index (χ2n) is 3.44. The van der Waals surface area contributed by atoms with Crippen molar-refractivity contribution >= 4 is 0 Å². The predicted molar refractivity (Wildman–Crippen MR) is 54.4 cm³/mol. The molecule has 0 aliphatic rings. The van der Waals surface area contributed by atoms with E-state index in [4.69, 9.17) is 5.73 Å². The summed E-state index contributed by atoms with van der Waals surface area (Å²) in [6.45, 7) is 2.27. The molecule has 13 heavy (non-hydrogen) atoms. The van der Waals surface area contributed by atoms with Gasteiger partial charge in [-0.2, -0.15) is 0 Å². The highest BCUT2D eigenvalue weighted by molar-refractivity contribution is 5.17. The zero-order valence-corrected chi connectivity index (χ0v) is 8.03. The van der Waals surface area contributed by atoms with Gasteiger partial charge in [0.05, 0.1) is 5.60 Å². The van der Waals surface area contributed by atoms with Crippen molar-refractivity contribution in [2.45, 2.75) is 25.4 Å². The first kappa shape index (κ1) is 10.2. The molecule has 0 fully saturated rings. The molecule has 3 N–H and O–H groups in total. The van der Waals surface area contributed by atoms with Crippen LogP contribution in [0.4, 0.5) is 0 Å². The molecule has 0 heterocycles. The lowest BCUT2D eigenvalue weighted by atomic mass is 9.92. The fourth-order valence-electron chi connectivity index (χ4n) is 1.32. The van der Waals surface area contributed by atoms with Crippen LogP contribution in [0.25, 0.3) is 0 Å². The van der Waals surface area contributed by atoms with Gasteiger partial charge in [-0.3, -0.25) is 0 Å². The van der Waals surface area contributed by atoms with Crippen LogP contribution in [0.5, 0.6) is 0 Å². The molecule has 1 aromatic rings. The third-order valence-corrected chi connectivity index (χ3v) is 2.41. The summed E-state index contributed by atoms with van der Waals surface area (Å²) in [6, 6.07) is 9.94. The molecule has 0 aliphatic carbocycles. The maximum absolute atomic E-state index is 9.96. The van der Waals surface area contributed by atoms with Gasteiger partial charge in [-0.05, 0) is 12.0 Å². The summed E-state index contributed by atoms with van der Waals surface area (Å²) in [5.74, 6) is 0.